The molecule has 120 valence electrons. The van der Waals surface area contributed by atoms with Crippen molar-refractivity contribution in [1.29, 1.82) is 0 Å². The molecule has 23 heavy (non-hydrogen) atoms. The van der Waals surface area contributed by atoms with Crippen LogP contribution in [0.1, 0.15) is 5.56 Å². The SMILES string of the molecule is COc1cccc(CCNC(=O)C(=O)Nc2cccc(Cl)c2)c1. The zero-order chi connectivity index (χ0) is 16.7. The standard InChI is InChI=1S/C17H17ClN2O3/c1-23-15-7-2-4-12(10-15)8-9-19-16(21)17(22)20-14-6-3-5-13(18)11-14/h2-7,10-11H,8-9H2,1H3,(H,19,21)(H,20,22). The maximum absolute atomic E-state index is 11.8. The lowest BCUT2D eigenvalue weighted by molar-refractivity contribution is -0.136. The van der Waals surface area contributed by atoms with E-state index in [9.17, 15) is 9.59 Å². The van der Waals surface area contributed by atoms with E-state index in [1.807, 2.05) is 24.3 Å². The van der Waals surface area contributed by atoms with Crippen LogP contribution in [0.2, 0.25) is 5.02 Å². The Morgan fingerprint density at radius 3 is 2.61 bits per heavy atom. The molecule has 2 aromatic carbocycles. The Morgan fingerprint density at radius 2 is 1.87 bits per heavy atom. The molecule has 0 heterocycles. The number of amides is 2. The van der Waals surface area contributed by atoms with Gasteiger partial charge in [0.05, 0.1) is 7.11 Å². The van der Waals surface area contributed by atoms with Gasteiger partial charge >= 0.3 is 11.8 Å². The van der Waals surface area contributed by atoms with Crippen LogP contribution >= 0.6 is 11.6 Å². The van der Waals surface area contributed by atoms with Gasteiger partial charge in [-0.2, -0.15) is 0 Å². The van der Waals surface area contributed by atoms with Crippen molar-refractivity contribution < 1.29 is 14.3 Å². The molecule has 0 fully saturated rings. The topological polar surface area (TPSA) is 67.4 Å². The summed E-state index contributed by atoms with van der Waals surface area (Å²) in [4.78, 5) is 23.5. The summed E-state index contributed by atoms with van der Waals surface area (Å²) >= 11 is 5.82. The second-order valence-corrected chi connectivity index (χ2v) is 5.26. The number of benzene rings is 2. The highest BCUT2D eigenvalue weighted by Gasteiger charge is 2.13. The summed E-state index contributed by atoms with van der Waals surface area (Å²) in [6.07, 6.45) is 0.605. The molecule has 2 aromatic rings. The first kappa shape index (κ1) is 16.8. The minimum atomic E-state index is -0.724. The molecule has 0 saturated heterocycles. The average molecular weight is 333 g/mol. The van der Waals surface area contributed by atoms with Crippen LogP contribution in [0.15, 0.2) is 48.5 Å². The fraction of sp³-hybridized carbons (Fsp3) is 0.176. The molecule has 2 amide bonds. The van der Waals surface area contributed by atoms with Crippen molar-refractivity contribution in [2.24, 2.45) is 0 Å². The summed E-state index contributed by atoms with van der Waals surface area (Å²) in [5, 5.41) is 5.56. The van der Waals surface area contributed by atoms with Crippen molar-refractivity contribution in [3.05, 3.63) is 59.1 Å². The van der Waals surface area contributed by atoms with E-state index in [1.165, 1.54) is 0 Å². The third-order valence-electron chi connectivity index (χ3n) is 3.12. The van der Waals surface area contributed by atoms with Crippen LogP contribution in [-0.2, 0) is 16.0 Å². The number of hydrogen-bond donors (Lipinski definition) is 2. The summed E-state index contributed by atoms with van der Waals surface area (Å²) in [5.74, 6) is -0.654. The first-order chi connectivity index (χ1) is 11.1. The maximum Gasteiger partial charge on any atom is 0.313 e. The van der Waals surface area contributed by atoms with Crippen LogP contribution in [0.3, 0.4) is 0 Å². The van der Waals surface area contributed by atoms with Gasteiger partial charge in [-0.3, -0.25) is 9.59 Å². The van der Waals surface area contributed by atoms with Crippen LogP contribution in [0, 0.1) is 0 Å². The fourth-order valence-electron chi connectivity index (χ4n) is 1.98. The third-order valence-corrected chi connectivity index (χ3v) is 3.36. The fourth-order valence-corrected chi connectivity index (χ4v) is 2.17. The molecular formula is C17H17ClN2O3. The average Bonchev–Trinajstić information content (AvgIpc) is 2.55. The third kappa shape index (κ3) is 5.30. The van der Waals surface area contributed by atoms with Crippen LogP contribution in [-0.4, -0.2) is 25.5 Å². The molecule has 5 nitrogen and oxygen atoms in total. The Kier molecular flexibility index (Phi) is 6.00. The van der Waals surface area contributed by atoms with Crippen LogP contribution in [0.5, 0.6) is 5.75 Å². The smallest absolute Gasteiger partial charge is 0.313 e. The van der Waals surface area contributed by atoms with Crippen molar-refractivity contribution in [2.75, 3.05) is 19.0 Å². The number of halogens is 1. The number of carbonyl (C=O) groups is 2. The Labute approximate surface area is 139 Å². The molecule has 2 N–H and O–H groups in total. The molecule has 0 aliphatic carbocycles. The van der Waals surface area contributed by atoms with Crippen LogP contribution < -0.4 is 15.4 Å². The summed E-state index contributed by atoms with van der Waals surface area (Å²) in [6, 6.07) is 14.2. The number of nitrogens with one attached hydrogen (secondary N) is 2. The largest absolute Gasteiger partial charge is 0.497 e. The van der Waals surface area contributed by atoms with Crippen LogP contribution in [0.4, 0.5) is 5.69 Å². The lowest BCUT2D eigenvalue weighted by Crippen LogP contribution is -2.36. The molecule has 2 rings (SSSR count). The summed E-state index contributed by atoms with van der Waals surface area (Å²) < 4.78 is 5.13. The molecular weight excluding hydrogens is 316 g/mol. The minimum absolute atomic E-state index is 0.356. The van der Waals surface area contributed by atoms with E-state index in [0.29, 0.717) is 23.7 Å². The van der Waals surface area contributed by atoms with Gasteiger partial charge in [0.15, 0.2) is 0 Å². The van der Waals surface area contributed by atoms with Gasteiger partial charge in [-0.25, -0.2) is 0 Å². The van der Waals surface area contributed by atoms with Gasteiger partial charge in [0.2, 0.25) is 0 Å². The Bertz CT molecular complexity index is 704. The highest BCUT2D eigenvalue weighted by atomic mass is 35.5. The second kappa shape index (κ2) is 8.19. The van der Waals surface area contributed by atoms with Crippen molar-refractivity contribution in [1.82, 2.24) is 5.32 Å². The lowest BCUT2D eigenvalue weighted by atomic mass is 10.1. The molecule has 0 radical (unpaired) electrons. The van der Waals surface area contributed by atoms with Gasteiger partial charge in [-0.15, -0.1) is 0 Å². The molecule has 0 atom stereocenters. The zero-order valence-corrected chi connectivity index (χ0v) is 13.4. The Morgan fingerprint density at radius 1 is 1.09 bits per heavy atom. The molecule has 0 bridgehead atoms. The van der Waals surface area contributed by atoms with Gasteiger partial charge < -0.3 is 15.4 Å². The summed E-state index contributed by atoms with van der Waals surface area (Å²) in [5.41, 5.74) is 1.49. The summed E-state index contributed by atoms with van der Waals surface area (Å²) in [7, 11) is 1.60. The van der Waals surface area contributed by atoms with Gasteiger partial charge in [0, 0.05) is 17.3 Å². The molecule has 0 aliphatic heterocycles. The Balaban J connectivity index is 1.81. The van der Waals surface area contributed by atoms with Gasteiger partial charge in [-0.05, 0) is 42.3 Å². The van der Waals surface area contributed by atoms with E-state index in [4.69, 9.17) is 16.3 Å². The second-order valence-electron chi connectivity index (χ2n) is 4.82. The monoisotopic (exact) mass is 332 g/mol. The quantitative estimate of drug-likeness (QED) is 0.827. The van der Waals surface area contributed by atoms with Crippen molar-refractivity contribution in [2.45, 2.75) is 6.42 Å². The van der Waals surface area contributed by atoms with E-state index < -0.39 is 11.8 Å². The van der Waals surface area contributed by atoms with Crippen molar-refractivity contribution >= 4 is 29.1 Å². The first-order valence-corrected chi connectivity index (χ1v) is 7.44. The molecule has 0 saturated carbocycles. The highest BCUT2D eigenvalue weighted by Crippen LogP contribution is 2.15. The first-order valence-electron chi connectivity index (χ1n) is 7.06. The number of ether oxygens (including phenoxy) is 1. The van der Waals surface area contributed by atoms with Crippen LogP contribution in [0.25, 0.3) is 0 Å². The molecule has 0 aliphatic rings. The van der Waals surface area contributed by atoms with Crippen molar-refractivity contribution in [3.63, 3.8) is 0 Å². The number of rotatable bonds is 5. The molecule has 0 unspecified atom stereocenters. The Hall–Kier alpha value is -2.53. The minimum Gasteiger partial charge on any atom is -0.497 e. The predicted octanol–water partition coefficient (Wildman–Crippen LogP) is 2.65. The lowest BCUT2D eigenvalue weighted by Gasteiger charge is -2.07. The predicted molar refractivity (Wildman–Crippen MR) is 89.8 cm³/mol. The molecule has 6 heteroatoms. The van der Waals surface area contributed by atoms with E-state index in [1.54, 1.807) is 31.4 Å². The molecule has 0 spiro atoms. The number of methoxy groups -OCH3 is 1. The van der Waals surface area contributed by atoms with E-state index in [-0.39, 0.29) is 0 Å². The van der Waals surface area contributed by atoms with Gasteiger partial charge in [0.1, 0.15) is 5.75 Å². The highest BCUT2D eigenvalue weighted by molar-refractivity contribution is 6.39. The van der Waals surface area contributed by atoms with E-state index in [0.717, 1.165) is 11.3 Å². The number of hydrogen-bond acceptors (Lipinski definition) is 3. The normalized spacial score (nSPS) is 10.0. The zero-order valence-electron chi connectivity index (χ0n) is 12.6. The summed E-state index contributed by atoms with van der Waals surface area (Å²) in [6.45, 7) is 0.356. The number of carbonyl (C=O) groups excluding carboxylic acids is 2. The maximum atomic E-state index is 11.8. The van der Waals surface area contributed by atoms with Crippen molar-refractivity contribution in [3.8, 4) is 5.75 Å². The van der Waals surface area contributed by atoms with E-state index >= 15 is 0 Å². The molecule has 0 aromatic heterocycles. The van der Waals surface area contributed by atoms with Gasteiger partial charge in [0.25, 0.3) is 0 Å². The van der Waals surface area contributed by atoms with E-state index in [2.05, 4.69) is 10.6 Å². The number of anilines is 1. The van der Waals surface area contributed by atoms with Gasteiger partial charge in [-0.1, -0.05) is 29.8 Å².